The molecule has 0 spiro atoms. The Bertz CT molecular complexity index is 378. The van der Waals surface area contributed by atoms with Crippen molar-refractivity contribution < 1.29 is 4.39 Å². The molecule has 1 saturated heterocycles. The second-order valence-electron chi connectivity index (χ2n) is 4.53. The molecule has 2 unspecified atom stereocenters. The highest BCUT2D eigenvalue weighted by atomic mass is 19.1. The summed E-state index contributed by atoms with van der Waals surface area (Å²) >= 11 is 0. The lowest BCUT2D eigenvalue weighted by Crippen LogP contribution is -2.31. The number of aryl methyl sites for hydroxylation is 1. The molecule has 88 valence electrons. The molecular formula is C13H19FN2. The van der Waals surface area contributed by atoms with E-state index in [0.717, 1.165) is 25.1 Å². The van der Waals surface area contributed by atoms with Gasteiger partial charge in [-0.25, -0.2) is 4.39 Å². The standard InChI is InChI=1S/C13H19FN2/c1-3-16-7-6-12(15)13(16)10-5-4-9(2)11(14)8-10/h4-5,8,12-13H,3,6-7,15H2,1-2H3. The summed E-state index contributed by atoms with van der Waals surface area (Å²) in [6, 6.07) is 5.77. The van der Waals surface area contributed by atoms with E-state index < -0.39 is 0 Å². The van der Waals surface area contributed by atoms with Crippen LogP contribution in [0.25, 0.3) is 0 Å². The third kappa shape index (κ3) is 1.97. The van der Waals surface area contributed by atoms with Crippen molar-refractivity contribution in [3.63, 3.8) is 0 Å². The van der Waals surface area contributed by atoms with Crippen molar-refractivity contribution in [1.82, 2.24) is 4.90 Å². The summed E-state index contributed by atoms with van der Waals surface area (Å²) in [5.74, 6) is -0.132. The molecule has 2 atom stereocenters. The van der Waals surface area contributed by atoms with Gasteiger partial charge in [0.25, 0.3) is 0 Å². The van der Waals surface area contributed by atoms with E-state index in [1.165, 1.54) is 0 Å². The monoisotopic (exact) mass is 222 g/mol. The van der Waals surface area contributed by atoms with Crippen LogP contribution in [0.2, 0.25) is 0 Å². The molecule has 1 fully saturated rings. The van der Waals surface area contributed by atoms with Gasteiger partial charge in [-0.2, -0.15) is 0 Å². The summed E-state index contributed by atoms with van der Waals surface area (Å²) in [5, 5.41) is 0. The fraction of sp³-hybridized carbons (Fsp3) is 0.538. The number of hydrogen-bond donors (Lipinski definition) is 1. The molecule has 1 heterocycles. The van der Waals surface area contributed by atoms with Gasteiger partial charge < -0.3 is 5.73 Å². The van der Waals surface area contributed by atoms with E-state index in [2.05, 4.69) is 11.8 Å². The molecule has 1 aliphatic heterocycles. The number of halogens is 1. The minimum atomic E-state index is -0.132. The minimum absolute atomic E-state index is 0.127. The summed E-state index contributed by atoms with van der Waals surface area (Å²) in [5.41, 5.74) is 7.80. The van der Waals surface area contributed by atoms with Gasteiger partial charge in [0.05, 0.1) is 6.04 Å². The lowest BCUT2D eigenvalue weighted by molar-refractivity contribution is 0.260. The van der Waals surface area contributed by atoms with Crippen LogP contribution in [0.5, 0.6) is 0 Å². The van der Waals surface area contributed by atoms with Crippen LogP contribution in [-0.4, -0.2) is 24.0 Å². The Morgan fingerprint density at radius 1 is 1.50 bits per heavy atom. The van der Waals surface area contributed by atoms with Gasteiger partial charge >= 0.3 is 0 Å². The lowest BCUT2D eigenvalue weighted by Gasteiger charge is -2.26. The highest BCUT2D eigenvalue weighted by Gasteiger charge is 2.31. The molecule has 16 heavy (non-hydrogen) atoms. The SMILES string of the molecule is CCN1CCC(N)C1c1ccc(C)c(F)c1. The van der Waals surface area contributed by atoms with Gasteiger partial charge in [-0.1, -0.05) is 19.1 Å². The number of hydrogen-bond acceptors (Lipinski definition) is 2. The molecule has 0 bridgehead atoms. The third-order valence-corrected chi connectivity index (χ3v) is 3.49. The third-order valence-electron chi connectivity index (χ3n) is 3.49. The van der Waals surface area contributed by atoms with Crippen LogP contribution in [0.1, 0.15) is 30.5 Å². The summed E-state index contributed by atoms with van der Waals surface area (Å²) < 4.78 is 13.5. The fourth-order valence-corrected chi connectivity index (χ4v) is 2.49. The smallest absolute Gasteiger partial charge is 0.126 e. The molecular weight excluding hydrogens is 203 g/mol. The molecule has 0 amide bonds. The first kappa shape index (κ1) is 11.6. The Morgan fingerprint density at radius 3 is 2.88 bits per heavy atom. The number of nitrogens with zero attached hydrogens (tertiary/aromatic N) is 1. The van der Waals surface area contributed by atoms with Crippen molar-refractivity contribution in [1.29, 1.82) is 0 Å². The number of benzene rings is 1. The van der Waals surface area contributed by atoms with Crippen molar-refractivity contribution in [2.24, 2.45) is 5.73 Å². The van der Waals surface area contributed by atoms with E-state index in [9.17, 15) is 4.39 Å². The van der Waals surface area contributed by atoms with Crippen molar-refractivity contribution in [3.05, 3.63) is 35.1 Å². The largest absolute Gasteiger partial charge is 0.326 e. The van der Waals surface area contributed by atoms with Gasteiger partial charge in [0.2, 0.25) is 0 Å². The summed E-state index contributed by atoms with van der Waals surface area (Å²) in [4.78, 5) is 2.31. The molecule has 1 aromatic carbocycles. The van der Waals surface area contributed by atoms with Crippen molar-refractivity contribution in [3.8, 4) is 0 Å². The van der Waals surface area contributed by atoms with Gasteiger partial charge in [0, 0.05) is 12.6 Å². The number of nitrogens with two attached hydrogens (primary N) is 1. The van der Waals surface area contributed by atoms with Crippen LogP contribution < -0.4 is 5.73 Å². The molecule has 0 aromatic heterocycles. The Hall–Kier alpha value is -0.930. The van der Waals surface area contributed by atoms with Gasteiger partial charge in [0.15, 0.2) is 0 Å². The number of likely N-dealkylation sites (N-methyl/N-ethyl adjacent to an activating group) is 1. The first-order valence-corrected chi connectivity index (χ1v) is 5.89. The molecule has 2 N–H and O–H groups in total. The van der Waals surface area contributed by atoms with Crippen LogP contribution >= 0.6 is 0 Å². The summed E-state index contributed by atoms with van der Waals surface area (Å²) in [6.07, 6.45) is 0.994. The van der Waals surface area contributed by atoms with Crippen molar-refractivity contribution in [2.45, 2.75) is 32.4 Å². The second-order valence-corrected chi connectivity index (χ2v) is 4.53. The van der Waals surface area contributed by atoms with Gasteiger partial charge in [-0.3, -0.25) is 4.90 Å². The van der Waals surface area contributed by atoms with Crippen LogP contribution in [-0.2, 0) is 0 Å². The topological polar surface area (TPSA) is 29.3 Å². The zero-order valence-corrected chi connectivity index (χ0v) is 9.91. The first-order valence-electron chi connectivity index (χ1n) is 5.89. The highest BCUT2D eigenvalue weighted by molar-refractivity contribution is 5.27. The van der Waals surface area contributed by atoms with Crippen LogP contribution in [0.3, 0.4) is 0 Å². The van der Waals surface area contributed by atoms with Gasteiger partial charge in [0.1, 0.15) is 5.82 Å². The zero-order valence-electron chi connectivity index (χ0n) is 9.91. The Morgan fingerprint density at radius 2 is 2.25 bits per heavy atom. The molecule has 2 nitrogen and oxygen atoms in total. The Labute approximate surface area is 96.2 Å². The molecule has 2 rings (SSSR count). The van der Waals surface area contributed by atoms with Crippen molar-refractivity contribution in [2.75, 3.05) is 13.1 Å². The summed E-state index contributed by atoms with van der Waals surface area (Å²) in [6.45, 7) is 5.88. The van der Waals surface area contributed by atoms with E-state index in [0.29, 0.717) is 5.56 Å². The van der Waals surface area contributed by atoms with Crippen molar-refractivity contribution >= 4 is 0 Å². The average molecular weight is 222 g/mol. The van der Waals surface area contributed by atoms with E-state index in [-0.39, 0.29) is 17.9 Å². The maximum atomic E-state index is 13.5. The Balaban J connectivity index is 2.31. The average Bonchev–Trinajstić information content (AvgIpc) is 2.64. The highest BCUT2D eigenvalue weighted by Crippen LogP contribution is 2.31. The van der Waals surface area contributed by atoms with Crippen LogP contribution in [0.15, 0.2) is 18.2 Å². The Kier molecular flexibility index (Phi) is 3.26. The maximum absolute atomic E-state index is 13.5. The lowest BCUT2D eigenvalue weighted by atomic mass is 9.99. The molecule has 0 aliphatic carbocycles. The number of rotatable bonds is 2. The maximum Gasteiger partial charge on any atom is 0.126 e. The van der Waals surface area contributed by atoms with E-state index in [4.69, 9.17) is 5.73 Å². The number of likely N-dealkylation sites (tertiary alicyclic amines) is 1. The minimum Gasteiger partial charge on any atom is -0.326 e. The van der Waals surface area contributed by atoms with E-state index in [1.807, 2.05) is 12.1 Å². The quantitative estimate of drug-likeness (QED) is 0.831. The first-order chi connectivity index (χ1) is 7.63. The van der Waals surface area contributed by atoms with Gasteiger partial charge in [-0.05, 0) is 37.1 Å². The molecule has 0 saturated carbocycles. The molecule has 1 aliphatic rings. The van der Waals surface area contributed by atoms with E-state index >= 15 is 0 Å². The van der Waals surface area contributed by atoms with Gasteiger partial charge in [-0.15, -0.1) is 0 Å². The summed E-state index contributed by atoms with van der Waals surface area (Å²) in [7, 11) is 0. The molecule has 0 radical (unpaired) electrons. The van der Waals surface area contributed by atoms with Crippen LogP contribution in [0.4, 0.5) is 4.39 Å². The zero-order chi connectivity index (χ0) is 11.7. The predicted octanol–water partition coefficient (Wildman–Crippen LogP) is 2.23. The predicted molar refractivity (Wildman–Crippen MR) is 63.7 cm³/mol. The van der Waals surface area contributed by atoms with Crippen LogP contribution in [0, 0.1) is 12.7 Å². The molecule has 1 aromatic rings. The normalized spacial score (nSPS) is 26.2. The second kappa shape index (κ2) is 4.52. The molecule has 3 heteroatoms. The van der Waals surface area contributed by atoms with E-state index in [1.54, 1.807) is 13.0 Å². The fourth-order valence-electron chi connectivity index (χ4n) is 2.49.